The third-order valence-electron chi connectivity index (χ3n) is 4.84. The van der Waals surface area contributed by atoms with Gasteiger partial charge in [-0.2, -0.15) is 5.26 Å². The van der Waals surface area contributed by atoms with Crippen LogP contribution < -0.4 is 15.0 Å². The highest BCUT2D eigenvalue weighted by molar-refractivity contribution is 6.33. The SMILES string of the molecule is CN1C(=O)C(NC(=O)c2ncc(Cl)c(-c3cccc(F)c3)n2)COc2cc(C#N)ccc21. The molecule has 1 aliphatic heterocycles. The van der Waals surface area contributed by atoms with Crippen molar-refractivity contribution in [3.05, 3.63) is 70.9 Å². The van der Waals surface area contributed by atoms with Gasteiger partial charge < -0.3 is 15.0 Å². The second-order valence-electron chi connectivity index (χ2n) is 6.93. The third-order valence-corrected chi connectivity index (χ3v) is 5.11. The van der Waals surface area contributed by atoms with Crippen LogP contribution in [0.5, 0.6) is 5.75 Å². The van der Waals surface area contributed by atoms with Gasteiger partial charge in [-0.25, -0.2) is 14.4 Å². The Morgan fingerprint density at radius 3 is 2.91 bits per heavy atom. The van der Waals surface area contributed by atoms with Crippen molar-refractivity contribution < 1.29 is 18.7 Å². The second-order valence-corrected chi connectivity index (χ2v) is 7.34. The molecule has 0 saturated heterocycles. The quantitative estimate of drug-likeness (QED) is 0.655. The van der Waals surface area contributed by atoms with E-state index in [1.54, 1.807) is 25.2 Å². The lowest BCUT2D eigenvalue weighted by Crippen LogP contribution is -2.49. The van der Waals surface area contributed by atoms with Crippen LogP contribution in [0.1, 0.15) is 16.2 Å². The molecule has 10 heteroatoms. The molecule has 32 heavy (non-hydrogen) atoms. The van der Waals surface area contributed by atoms with E-state index in [-0.39, 0.29) is 23.1 Å². The maximum Gasteiger partial charge on any atom is 0.289 e. The first kappa shape index (κ1) is 21.2. The average molecular weight is 452 g/mol. The summed E-state index contributed by atoms with van der Waals surface area (Å²) in [6, 6.07) is 11.3. The van der Waals surface area contributed by atoms with E-state index in [0.717, 1.165) is 0 Å². The topological polar surface area (TPSA) is 108 Å². The molecule has 0 radical (unpaired) electrons. The van der Waals surface area contributed by atoms with E-state index < -0.39 is 23.7 Å². The summed E-state index contributed by atoms with van der Waals surface area (Å²) in [5.41, 5.74) is 1.42. The number of hydrogen-bond donors (Lipinski definition) is 1. The number of anilines is 1. The van der Waals surface area contributed by atoms with Gasteiger partial charge >= 0.3 is 0 Å². The molecule has 0 saturated carbocycles. The molecule has 0 fully saturated rings. The molecule has 3 aromatic rings. The molecule has 1 aliphatic rings. The number of ether oxygens (including phenoxy) is 1. The van der Waals surface area contributed by atoms with E-state index in [4.69, 9.17) is 21.6 Å². The number of nitrogens with one attached hydrogen (secondary N) is 1. The number of nitrogens with zero attached hydrogens (tertiary/aromatic N) is 4. The number of nitriles is 1. The molecule has 4 rings (SSSR count). The number of fused-ring (bicyclic) bond motifs is 1. The number of likely N-dealkylation sites (N-methyl/N-ethyl adjacent to an activating group) is 1. The highest BCUT2D eigenvalue weighted by atomic mass is 35.5. The van der Waals surface area contributed by atoms with E-state index >= 15 is 0 Å². The van der Waals surface area contributed by atoms with Crippen LogP contribution in [0.2, 0.25) is 5.02 Å². The molecule has 0 bridgehead atoms. The van der Waals surface area contributed by atoms with Crippen LogP contribution in [0.25, 0.3) is 11.3 Å². The predicted octanol–water partition coefficient (Wildman–Crippen LogP) is 2.96. The molecule has 1 atom stereocenters. The van der Waals surface area contributed by atoms with Crippen LogP contribution in [0, 0.1) is 17.1 Å². The van der Waals surface area contributed by atoms with E-state index in [1.807, 2.05) is 6.07 Å². The van der Waals surface area contributed by atoms with Crippen molar-refractivity contribution in [2.24, 2.45) is 0 Å². The molecule has 1 aromatic heterocycles. The zero-order valence-corrected chi connectivity index (χ0v) is 17.4. The minimum atomic E-state index is -1.03. The largest absolute Gasteiger partial charge is 0.489 e. The lowest BCUT2D eigenvalue weighted by Gasteiger charge is -2.20. The molecule has 2 aromatic carbocycles. The van der Waals surface area contributed by atoms with Crippen molar-refractivity contribution in [2.75, 3.05) is 18.6 Å². The lowest BCUT2D eigenvalue weighted by atomic mass is 10.1. The predicted molar refractivity (Wildman–Crippen MR) is 114 cm³/mol. The lowest BCUT2D eigenvalue weighted by molar-refractivity contribution is -0.120. The first-order chi connectivity index (χ1) is 15.4. The van der Waals surface area contributed by atoms with Crippen LogP contribution in [-0.2, 0) is 4.79 Å². The number of aromatic nitrogens is 2. The average Bonchev–Trinajstić information content (AvgIpc) is 2.91. The molecule has 160 valence electrons. The van der Waals surface area contributed by atoms with Gasteiger partial charge in [0.2, 0.25) is 5.82 Å². The highest BCUT2D eigenvalue weighted by Crippen LogP contribution is 2.31. The Hall–Kier alpha value is -4.03. The summed E-state index contributed by atoms with van der Waals surface area (Å²) in [5.74, 6) is -1.50. The van der Waals surface area contributed by atoms with Crippen molar-refractivity contribution in [3.8, 4) is 23.1 Å². The Kier molecular flexibility index (Phi) is 5.71. The summed E-state index contributed by atoms with van der Waals surface area (Å²) in [4.78, 5) is 35.1. The maximum absolute atomic E-state index is 13.6. The van der Waals surface area contributed by atoms with Crippen molar-refractivity contribution in [1.29, 1.82) is 5.26 Å². The van der Waals surface area contributed by atoms with Gasteiger partial charge in [-0.15, -0.1) is 0 Å². The van der Waals surface area contributed by atoms with Gasteiger partial charge in [0.25, 0.3) is 11.8 Å². The Balaban J connectivity index is 1.57. The fourth-order valence-electron chi connectivity index (χ4n) is 3.21. The van der Waals surface area contributed by atoms with Gasteiger partial charge in [-0.3, -0.25) is 9.59 Å². The minimum absolute atomic E-state index is 0.143. The summed E-state index contributed by atoms with van der Waals surface area (Å²) >= 11 is 6.14. The molecule has 2 heterocycles. The number of halogens is 2. The molecule has 2 amide bonds. The number of hydrogen-bond acceptors (Lipinski definition) is 6. The number of benzene rings is 2. The summed E-state index contributed by atoms with van der Waals surface area (Å²) in [6.07, 6.45) is 1.24. The smallest absolute Gasteiger partial charge is 0.289 e. The molecular weight excluding hydrogens is 437 g/mol. The van der Waals surface area contributed by atoms with Gasteiger partial charge in [0.1, 0.15) is 24.2 Å². The van der Waals surface area contributed by atoms with Crippen LogP contribution in [0.4, 0.5) is 10.1 Å². The van der Waals surface area contributed by atoms with Gasteiger partial charge in [0, 0.05) is 18.7 Å². The third kappa shape index (κ3) is 4.08. The van der Waals surface area contributed by atoms with Crippen molar-refractivity contribution in [3.63, 3.8) is 0 Å². The van der Waals surface area contributed by atoms with Gasteiger partial charge in [-0.1, -0.05) is 23.7 Å². The van der Waals surface area contributed by atoms with Crippen LogP contribution in [0.15, 0.2) is 48.7 Å². The molecule has 0 aliphatic carbocycles. The summed E-state index contributed by atoms with van der Waals surface area (Å²) < 4.78 is 19.3. The summed E-state index contributed by atoms with van der Waals surface area (Å²) in [7, 11) is 1.54. The van der Waals surface area contributed by atoms with E-state index in [0.29, 0.717) is 22.6 Å². The Bertz CT molecular complexity index is 1280. The minimum Gasteiger partial charge on any atom is -0.489 e. The van der Waals surface area contributed by atoms with Crippen molar-refractivity contribution >= 4 is 29.1 Å². The normalized spacial score (nSPS) is 15.2. The Morgan fingerprint density at radius 1 is 1.34 bits per heavy atom. The molecule has 0 spiro atoms. The van der Waals surface area contributed by atoms with Gasteiger partial charge in [0.05, 0.1) is 34.2 Å². The second kappa shape index (κ2) is 8.61. The van der Waals surface area contributed by atoms with Crippen LogP contribution in [-0.4, -0.2) is 41.5 Å². The maximum atomic E-state index is 13.6. The van der Waals surface area contributed by atoms with Crippen molar-refractivity contribution in [2.45, 2.75) is 6.04 Å². The number of carbonyl (C=O) groups excluding carboxylic acids is 2. The van der Waals surface area contributed by atoms with Crippen LogP contribution in [0.3, 0.4) is 0 Å². The Morgan fingerprint density at radius 2 is 2.16 bits per heavy atom. The fraction of sp³-hybridized carbons (Fsp3) is 0.136. The fourth-order valence-corrected chi connectivity index (χ4v) is 3.41. The van der Waals surface area contributed by atoms with Crippen LogP contribution >= 0.6 is 11.6 Å². The summed E-state index contributed by atoms with van der Waals surface area (Å²) in [6.45, 7) is -0.152. The number of carbonyl (C=O) groups is 2. The van der Waals surface area contributed by atoms with E-state index in [9.17, 15) is 14.0 Å². The number of rotatable bonds is 3. The molecule has 1 unspecified atom stereocenters. The van der Waals surface area contributed by atoms with Crippen molar-refractivity contribution in [1.82, 2.24) is 15.3 Å². The van der Waals surface area contributed by atoms with Gasteiger partial charge in [0.15, 0.2) is 0 Å². The first-order valence-corrected chi connectivity index (χ1v) is 9.79. The van der Waals surface area contributed by atoms with E-state index in [2.05, 4.69) is 15.3 Å². The summed E-state index contributed by atoms with van der Waals surface area (Å²) in [5, 5.41) is 11.8. The zero-order valence-electron chi connectivity index (χ0n) is 16.7. The molecule has 8 nitrogen and oxygen atoms in total. The standard InChI is InChI=1S/C22H15ClFN5O3/c1-29-17-6-5-12(9-25)7-18(17)32-11-16(22(29)31)27-21(30)20-26-10-15(23)19(28-20)13-3-2-4-14(24)8-13/h2-8,10,16H,11H2,1H3,(H,27,30). The van der Waals surface area contributed by atoms with Gasteiger partial charge in [-0.05, 0) is 24.3 Å². The van der Waals surface area contributed by atoms with E-state index in [1.165, 1.54) is 35.4 Å². The molecular formula is C22H15ClFN5O3. The number of amides is 2. The Labute approximate surface area is 187 Å². The highest BCUT2D eigenvalue weighted by Gasteiger charge is 2.31. The zero-order chi connectivity index (χ0) is 22.8. The first-order valence-electron chi connectivity index (χ1n) is 9.41. The monoisotopic (exact) mass is 451 g/mol. The molecule has 1 N–H and O–H groups in total.